The van der Waals surface area contributed by atoms with Crippen LogP contribution >= 0.6 is 23.4 Å². The summed E-state index contributed by atoms with van der Waals surface area (Å²) < 4.78 is 5.35. The third-order valence-corrected chi connectivity index (χ3v) is 5.66. The molecule has 1 amide bonds. The molecule has 1 saturated heterocycles. The van der Waals surface area contributed by atoms with Crippen molar-refractivity contribution in [2.45, 2.75) is 13.8 Å². The van der Waals surface area contributed by atoms with Gasteiger partial charge in [-0.25, -0.2) is 4.79 Å². The van der Waals surface area contributed by atoms with E-state index >= 15 is 0 Å². The lowest BCUT2D eigenvalue weighted by atomic mass is 10.1. The van der Waals surface area contributed by atoms with E-state index in [-0.39, 0.29) is 11.7 Å². The maximum atomic E-state index is 12.4. The Morgan fingerprint density at radius 2 is 1.97 bits per heavy atom. The maximum absolute atomic E-state index is 12.4. The van der Waals surface area contributed by atoms with E-state index in [0.717, 1.165) is 10.9 Å². The lowest BCUT2D eigenvalue weighted by Crippen LogP contribution is -2.29. The van der Waals surface area contributed by atoms with Gasteiger partial charge in [-0.3, -0.25) is 9.69 Å². The number of halogens is 1. The van der Waals surface area contributed by atoms with Gasteiger partial charge >= 0.3 is 5.63 Å². The number of benzene rings is 2. The number of thioether (sulfide) groups is 1. The van der Waals surface area contributed by atoms with Crippen LogP contribution < -0.4 is 10.5 Å². The van der Waals surface area contributed by atoms with E-state index in [2.05, 4.69) is 10.2 Å². The van der Waals surface area contributed by atoms with Crippen molar-refractivity contribution in [2.24, 2.45) is 10.2 Å². The first-order chi connectivity index (χ1) is 13.9. The molecule has 2 heterocycles. The number of carbonyl (C=O) groups excluding carboxylic acids is 1. The summed E-state index contributed by atoms with van der Waals surface area (Å²) in [5.74, 6) is 0.120. The van der Waals surface area contributed by atoms with Crippen LogP contribution in [-0.2, 0) is 4.79 Å². The summed E-state index contributed by atoms with van der Waals surface area (Å²) >= 11 is 7.57. The number of nitrogens with zero attached hydrogens (tertiary/aromatic N) is 3. The Balaban J connectivity index is 1.72. The standard InChI is InChI=1S/C21H16ClN3O3S/c1-12-7-8-16(22)17(9-12)25-19(26)11-29-21(25)24-23-13(2)15-10-14-5-3-4-6-18(14)28-20(15)27/h3-10H,11H2,1-2H3/b23-13+,24-21+. The van der Waals surface area contributed by atoms with Gasteiger partial charge in [0.1, 0.15) is 5.58 Å². The van der Waals surface area contributed by atoms with Gasteiger partial charge in [0.15, 0.2) is 5.17 Å². The number of fused-ring (bicyclic) bond motifs is 1. The van der Waals surface area contributed by atoms with Crippen LogP contribution in [0, 0.1) is 6.92 Å². The molecule has 1 aliphatic rings. The first-order valence-electron chi connectivity index (χ1n) is 8.81. The number of hydrogen-bond acceptors (Lipinski definition) is 6. The average molecular weight is 426 g/mol. The fourth-order valence-electron chi connectivity index (χ4n) is 2.95. The summed E-state index contributed by atoms with van der Waals surface area (Å²) in [5.41, 5.74) is 2.28. The molecule has 0 unspecified atom stereocenters. The Kier molecular flexibility index (Phi) is 5.25. The number of carbonyl (C=O) groups is 1. The van der Waals surface area contributed by atoms with Gasteiger partial charge in [0.2, 0.25) is 5.91 Å². The summed E-state index contributed by atoms with van der Waals surface area (Å²) in [4.78, 5) is 26.2. The number of rotatable bonds is 3. The number of amides is 1. The zero-order valence-corrected chi connectivity index (χ0v) is 17.3. The van der Waals surface area contributed by atoms with Crippen LogP contribution in [0.3, 0.4) is 0 Å². The normalized spacial score (nSPS) is 16.2. The van der Waals surface area contributed by atoms with Crippen molar-refractivity contribution in [1.82, 2.24) is 0 Å². The fraction of sp³-hybridized carbons (Fsp3) is 0.143. The quantitative estimate of drug-likeness (QED) is 0.348. The average Bonchev–Trinajstić information content (AvgIpc) is 3.07. The van der Waals surface area contributed by atoms with E-state index in [0.29, 0.717) is 32.7 Å². The molecule has 0 saturated carbocycles. The summed E-state index contributed by atoms with van der Waals surface area (Å²) in [5, 5.41) is 10.1. The summed E-state index contributed by atoms with van der Waals surface area (Å²) in [7, 11) is 0. The number of hydrogen-bond donors (Lipinski definition) is 0. The minimum Gasteiger partial charge on any atom is -0.422 e. The SMILES string of the molecule is C/C(=N\N=C1\SCC(=O)N1c1cc(C)ccc1Cl)c1cc2ccccc2oc1=O. The Bertz CT molecular complexity index is 1250. The minimum absolute atomic E-state index is 0.126. The predicted molar refractivity (Wildman–Crippen MR) is 118 cm³/mol. The summed E-state index contributed by atoms with van der Waals surface area (Å²) in [6, 6.07) is 14.4. The van der Waals surface area contributed by atoms with Crippen LogP contribution in [0.15, 0.2) is 67.9 Å². The molecule has 0 aliphatic carbocycles. The molecule has 29 heavy (non-hydrogen) atoms. The van der Waals surface area contributed by atoms with E-state index in [1.54, 1.807) is 31.2 Å². The van der Waals surface area contributed by atoms with Crippen molar-refractivity contribution in [1.29, 1.82) is 0 Å². The molecule has 6 nitrogen and oxygen atoms in total. The second-order valence-corrected chi connectivity index (χ2v) is 7.88. The highest BCUT2D eigenvalue weighted by Crippen LogP contribution is 2.33. The highest BCUT2D eigenvalue weighted by atomic mass is 35.5. The molecular weight excluding hydrogens is 410 g/mol. The maximum Gasteiger partial charge on any atom is 0.345 e. The van der Waals surface area contributed by atoms with Gasteiger partial charge in [-0.2, -0.15) is 5.10 Å². The molecule has 0 spiro atoms. The van der Waals surface area contributed by atoms with Crippen LogP contribution in [0.1, 0.15) is 18.1 Å². The number of anilines is 1. The zero-order chi connectivity index (χ0) is 20.5. The number of aryl methyl sites for hydroxylation is 1. The molecular formula is C21H16ClN3O3S. The smallest absolute Gasteiger partial charge is 0.345 e. The Morgan fingerprint density at radius 1 is 1.17 bits per heavy atom. The molecule has 1 aromatic heterocycles. The molecule has 8 heteroatoms. The lowest BCUT2D eigenvalue weighted by molar-refractivity contribution is -0.115. The van der Waals surface area contributed by atoms with E-state index in [4.69, 9.17) is 16.0 Å². The molecule has 3 aromatic rings. The molecule has 0 radical (unpaired) electrons. The molecule has 1 fully saturated rings. The Labute approximate surface area is 175 Å². The van der Waals surface area contributed by atoms with E-state index < -0.39 is 5.63 Å². The Hall–Kier alpha value is -2.90. The van der Waals surface area contributed by atoms with Gasteiger partial charge in [0.05, 0.1) is 27.7 Å². The van der Waals surface area contributed by atoms with Crippen molar-refractivity contribution < 1.29 is 9.21 Å². The first kappa shape index (κ1) is 19.4. The lowest BCUT2D eigenvalue weighted by Gasteiger charge is -2.17. The van der Waals surface area contributed by atoms with Gasteiger partial charge in [-0.15, -0.1) is 5.10 Å². The van der Waals surface area contributed by atoms with Crippen LogP contribution in [0.25, 0.3) is 11.0 Å². The molecule has 0 atom stereocenters. The number of amidine groups is 1. The molecule has 2 aromatic carbocycles. The molecule has 0 bridgehead atoms. The van der Waals surface area contributed by atoms with Gasteiger partial charge in [0, 0.05) is 5.39 Å². The number of para-hydroxylation sites is 1. The fourth-order valence-corrected chi connectivity index (χ4v) is 3.96. The van der Waals surface area contributed by atoms with Crippen LogP contribution in [0.2, 0.25) is 5.02 Å². The molecule has 0 N–H and O–H groups in total. The van der Waals surface area contributed by atoms with Crippen molar-refractivity contribution in [3.63, 3.8) is 0 Å². The predicted octanol–water partition coefficient (Wildman–Crippen LogP) is 4.61. The monoisotopic (exact) mass is 425 g/mol. The van der Waals surface area contributed by atoms with Gasteiger partial charge in [0.25, 0.3) is 0 Å². The van der Waals surface area contributed by atoms with E-state index in [1.807, 2.05) is 31.2 Å². The van der Waals surface area contributed by atoms with Crippen molar-refractivity contribution >= 4 is 56.8 Å². The first-order valence-corrected chi connectivity index (χ1v) is 10.2. The third-order valence-electron chi connectivity index (χ3n) is 4.42. The van der Waals surface area contributed by atoms with E-state index in [9.17, 15) is 9.59 Å². The van der Waals surface area contributed by atoms with Crippen molar-refractivity contribution in [3.05, 3.63) is 75.1 Å². The second kappa shape index (κ2) is 7.85. The molecule has 4 rings (SSSR count). The van der Waals surface area contributed by atoms with Crippen LogP contribution in [0.4, 0.5) is 5.69 Å². The zero-order valence-electron chi connectivity index (χ0n) is 15.7. The van der Waals surface area contributed by atoms with Crippen LogP contribution in [-0.4, -0.2) is 22.5 Å². The highest BCUT2D eigenvalue weighted by Gasteiger charge is 2.31. The largest absolute Gasteiger partial charge is 0.422 e. The second-order valence-electron chi connectivity index (χ2n) is 6.53. The van der Waals surface area contributed by atoms with E-state index in [1.165, 1.54) is 16.7 Å². The van der Waals surface area contributed by atoms with Gasteiger partial charge in [-0.1, -0.05) is 47.6 Å². The highest BCUT2D eigenvalue weighted by molar-refractivity contribution is 8.15. The summed E-state index contributed by atoms with van der Waals surface area (Å²) in [6.07, 6.45) is 0. The molecule has 146 valence electrons. The topological polar surface area (TPSA) is 75.2 Å². The minimum atomic E-state index is -0.487. The van der Waals surface area contributed by atoms with Gasteiger partial charge < -0.3 is 4.42 Å². The van der Waals surface area contributed by atoms with Crippen LogP contribution in [0.5, 0.6) is 0 Å². The van der Waals surface area contributed by atoms with Gasteiger partial charge in [-0.05, 0) is 43.7 Å². The Morgan fingerprint density at radius 3 is 2.79 bits per heavy atom. The third kappa shape index (κ3) is 3.83. The summed E-state index contributed by atoms with van der Waals surface area (Å²) in [6.45, 7) is 3.60. The van der Waals surface area contributed by atoms with Crippen molar-refractivity contribution in [2.75, 3.05) is 10.7 Å². The van der Waals surface area contributed by atoms with Crippen molar-refractivity contribution in [3.8, 4) is 0 Å². The molecule has 1 aliphatic heterocycles.